The van der Waals surface area contributed by atoms with E-state index in [1.165, 1.54) is 6.42 Å². The van der Waals surface area contributed by atoms with Crippen LogP contribution in [0.1, 0.15) is 25.3 Å². The summed E-state index contributed by atoms with van der Waals surface area (Å²) in [5.41, 5.74) is 4.57. The molecule has 0 amide bonds. The normalized spacial score (nSPS) is 19.1. The van der Waals surface area contributed by atoms with Crippen molar-refractivity contribution in [2.75, 3.05) is 11.9 Å². The Balaban J connectivity index is 1.66. The van der Waals surface area contributed by atoms with E-state index in [9.17, 15) is 0 Å². The Bertz CT molecular complexity index is 984. The van der Waals surface area contributed by atoms with Crippen LogP contribution in [0, 0.1) is 13.5 Å². The minimum Gasteiger partial charge on any atom is -0.362 e. The molecule has 0 aliphatic heterocycles. The van der Waals surface area contributed by atoms with Gasteiger partial charge in [0.15, 0.2) is 5.69 Å². The van der Waals surface area contributed by atoms with Crippen LogP contribution < -0.4 is 10.6 Å². The Labute approximate surface area is 152 Å². The summed E-state index contributed by atoms with van der Waals surface area (Å²) in [6, 6.07) is 6.58. The number of aromatic nitrogens is 3. The lowest BCUT2D eigenvalue weighted by Crippen LogP contribution is -2.52. The molecule has 3 aromatic rings. The van der Waals surface area contributed by atoms with Crippen molar-refractivity contribution in [1.29, 1.82) is 0 Å². The van der Waals surface area contributed by atoms with Crippen molar-refractivity contribution in [3.05, 3.63) is 47.6 Å². The first-order valence-corrected chi connectivity index (χ1v) is 9.02. The van der Waals surface area contributed by atoms with Gasteiger partial charge in [-0.1, -0.05) is 19.1 Å². The molecule has 26 heavy (non-hydrogen) atoms. The van der Waals surface area contributed by atoms with Gasteiger partial charge in [0.1, 0.15) is 0 Å². The third kappa shape index (κ3) is 2.91. The number of rotatable bonds is 5. The topological polar surface area (TPSA) is 70.0 Å². The van der Waals surface area contributed by atoms with Crippen LogP contribution in [0.25, 0.3) is 27.0 Å². The average Bonchev–Trinajstić information content (AvgIpc) is 3.07. The summed E-state index contributed by atoms with van der Waals surface area (Å²) in [6.45, 7) is 12.3. The number of nitrogens with one attached hydrogen (secondary N) is 3. The van der Waals surface area contributed by atoms with Crippen molar-refractivity contribution < 1.29 is 0 Å². The number of nitrogens with zero attached hydrogens (tertiary/aromatic N) is 3. The number of aromatic amines is 1. The second kappa shape index (κ2) is 6.77. The quantitative estimate of drug-likeness (QED) is 0.610. The van der Waals surface area contributed by atoms with E-state index in [0.29, 0.717) is 23.7 Å². The largest absolute Gasteiger partial charge is 0.362 e. The lowest BCUT2D eigenvalue weighted by Gasteiger charge is -2.37. The molecule has 2 atom stereocenters. The van der Waals surface area contributed by atoms with Crippen molar-refractivity contribution in [2.24, 2.45) is 0 Å². The Morgan fingerprint density at radius 1 is 1.31 bits per heavy atom. The summed E-state index contributed by atoms with van der Waals surface area (Å²) in [7, 11) is 0. The Morgan fingerprint density at radius 2 is 2.15 bits per heavy atom. The first-order valence-electron chi connectivity index (χ1n) is 9.02. The molecule has 2 aromatic heterocycles. The van der Waals surface area contributed by atoms with Crippen LogP contribution >= 0.6 is 0 Å². The molecule has 1 fully saturated rings. The number of benzene rings is 1. The van der Waals surface area contributed by atoms with E-state index in [2.05, 4.69) is 32.4 Å². The van der Waals surface area contributed by atoms with E-state index in [0.717, 1.165) is 40.7 Å². The lowest BCUT2D eigenvalue weighted by atomic mass is 9.86. The van der Waals surface area contributed by atoms with Gasteiger partial charge in [0.25, 0.3) is 0 Å². The lowest BCUT2D eigenvalue weighted by molar-refractivity contribution is 0.308. The maximum Gasteiger partial charge on any atom is 0.223 e. The molecule has 132 valence electrons. The maximum absolute atomic E-state index is 7.16. The molecule has 0 radical (unpaired) electrons. The minimum absolute atomic E-state index is 0.384. The Morgan fingerprint density at radius 3 is 2.88 bits per heavy atom. The van der Waals surface area contributed by atoms with E-state index in [4.69, 9.17) is 11.6 Å². The van der Waals surface area contributed by atoms with Gasteiger partial charge in [0, 0.05) is 40.9 Å². The summed E-state index contributed by atoms with van der Waals surface area (Å²) in [5, 5.41) is 8.04. The molecule has 2 heterocycles. The zero-order chi connectivity index (χ0) is 18.1. The average molecular weight is 346 g/mol. The van der Waals surface area contributed by atoms with Gasteiger partial charge in [0.05, 0.1) is 12.3 Å². The molecule has 0 saturated heterocycles. The third-order valence-corrected chi connectivity index (χ3v) is 5.08. The Hall–Kier alpha value is -2.91. The molecular formula is C20H22N6. The summed E-state index contributed by atoms with van der Waals surface area (Å²) < 4.78 is 0. The van der Waals surface area contributed by atoms with Gasteiger partial charge in [0.2, 0.25) is 5.95 Å². The monoisotopic (exact) mass is 346 g/mol. The van der Waals surface area contributed by atoms with Crippen LogP contribution in [0.3, 0.4) is 0 Å². The molecule has 6 heteroatoms. The number of likely N-dealkylation sites (N-methyl/N-ethyl adjacent to an activating group) is 1. The second-order valence-electron chi connectivity index (χ2n) is 6.76. The molecule has 1 aromatic carbocycles. The van der Waals surface area contributed by atoms with Gasteiger partial charge in [-0.2, -0.15) is 0 Å². The third-order valence-electron chi connectivity index (χ3n) is 5.08. The first-order chi connectivity index (χ1) is 12.7. The van der Waals surface area contributed by atoms with Gasteiger partial charge in [-0.05, 0) is 37.9 Å². The summed E-state index contributed by atoms with van der Waals surface area (Å²) in [6.07, 6.45) is 6.16. The van der Waals surface area contributed by atoms with Crippen LogP contribution in [0.2, 0.25) is 0 Å². The fourth-order valence-electron chi connectivity index (χ4n) is 3.51. The van der Waals surface area contributed by atoms with Crippen molar-refractivity contribution in [3.63, 3.8) is 0 Å². The van der Waals surface area contributed by atoms with Crippen LogP contribution in [0.5, 0.6) is 0 Å². The zero-order valence-corrected chi connectivity index (χ0v) is 15.0. The van der Waals surface area contributed by atoms with Gasteiger partial charge in [-0.25, -0.2) is 14.8 Å². The number of H-pyrrole nitrogens is 1. The molecule has 6 nitrogen and oxygen atoms in total. The standard InChI is InChI=1S/C20H22N6/c1-4-22-16-7-8-17(16)25-20-24-10-12(2)19(26-20)15-11-23-18-9-13(21-3)5-6-14(15)18/h5-6,9-11,16-17,22-23H,4,7-8H2,1-2H3,(H,24,25,26)/t16-,17-/m0/s1. The SMILES string of the molecule is [C-]#[N+]c1ccc2c(-c3nc(N[C@H]4CC[C@@H]4NCC)ncc3C)c[nH]c2c1. The highest BCUT2D eigenvalue weighted by atomic mass is 15.2. The molecule has 1 saturated carbocycles. The number of aryl methyl sites for hydroxylation is 1. The maximum atomic E-state index is 7.16. The highest BCUT2D eigenvalue weighted by Gasteiger charge is 2.30. The second-order valence-corrected chi connectivity index (χ2v) is 6.76. The molecule has 4 rings (SSSR count). The zero-order valence-electron chi connectivity index (χ0n) is 15.0. The number of hydrogen-bond acceptors (Lipinski definition) is 4. The molecule has 0 bridgehead atoms. The highest BCUT2D eigenvalue weighted by molar-refractivity contribution is 5.96. The van der Waals surface area contributed by atoms with Crippen molar-refractivity contribution in [3.8, 4) is 11.3 Å². The molecule has 1 aliphatic carbocycles. The van der Waals surface area contributed by atoms with Crippen LogP contribution in [0.15, 0.2) is 30.6 Å². The van der Waals surface area contributed by atoms with Gasteiger partial charge < -0.3 is 15.6 Å². The van der Waals surface area contributed by atoms with E-state index >= 15 is 0 Å². The molecule has 0 spiro atoms. The summed E-state index contributed by atoms with van der Waals surface area (Å²) in [5.74, 6) is 0.672. The van der Waals surface area contributed by atoms with E-state index < -0.39 is 0 Å². The predicted octanol–water partition coefficient (Wildman–Crippen LogP) is 4.04. The van der Waals surface area contributed by atoms with Gasteiger partial charge >= 0.3 is 0 Å². The fraction of sp³-hybridized carbons (Fsp3) is 0.350. The smallest absolute Gasteiger partial charge is 0.223 e. The van der Waals surface area contributed by atoms with E-state index in [1.54, 1.807) is 0 Å². The van der Waals surface area contributed by atoms with Crippen LogP contribution in [-0.4, -0.2) is 33.6 Å². The van der Waals surface area contributed by atoms with Crippen LogP contribution in [-0.2, 0) is 0 Å². The molecule has 1 aliphatic rings. The first kappa shape index (κ1) is 16.6. The number of fused-ring (bicyclic) bond motifs is 1. The number of hydrogen-bond donors (Lipinski definition) is 3. The Kier molecular flexibility index (Phi) is 4.31. The molecule has 0 unspecified atom stereocenters. The van der Waals surface area contributed by atoms with Crippen molar-refractivity contribution >= 4 is 22.5 Å². The molecular weight excluding hydrogens is 324 g/mol. The highest BCUT2D eigenvalue weighted by Crippen LogP contribution is 2.32. The van der Waals surface area contributed by atoms with Crippen molar-refractivity contribution in [2.45, 2.75) is 38.8 Å². The van der Waals surface area contributed by atoms with Crippen LogP contribution in [0.4, 0.5) is 11.6 Å². The van der Waals surface area contributed by atoms with Gasteiger partial charge in [-0.3, -0.25) is 0 Å². The predicted molar refractivity (Wildman–Crippen MR) is 104 cm³/mol. The number of anilines is 1. The minimum atomic E-state index is 0.384. The van der Waals surface area contributed by atoms with E-state index in [1.807, 2.05) is 37.5 Å². The molecule has 3 N–H and O–H groups in total. The fourth-order valence-corrected chi connectivity index (χ4v) is 3.51. The van der Waals surface area contributed by atoms with Gasteiger partial charge in [-0.15, -0.1) is 0 Å². The van der Waals surface area contributed by atoms with Crippen molar-refractivity contribution in [1.82, 2.24) is 20.3 Å². The summed E-state index contributed by atoms with van der Waals surface area (Å²) in [4.78, 5) is 16.0. The summed E-state index contributed by atoms with van der Waals surface area (Å²) >= 11 is 0. The van der Waals surface area contributed by atoms with E-state index in [-0.39, 0.29) is 0 Å².